The maximum Gasteiger partial charge on any atom is 0.199 e. The van der Waals surface area contributed by atoms with Gasteiger partial charge in [0.1, 0.15) is 11.0 Å². The highest BCUT2D eigenvalue weighted by molar-refractivity contribution is 6.36. The van der Waals surface area contributed by atoms with Crippen LogP contribution in [0.25, 0.3) is 153 Å². The Morgan fingerprint density at radius 1 is 0.303 bits per heavy atom. The molecule has 0 aliphatic carbocycles. The smallest absolute Gasteiger partial charge is 0.199 e. The van der Waals surface area contributed by atoms with E-state index in [-0.39, 0.29) is 0 Å². The largest absolute Gasteiger partial charge is 0.292 e. The highest BCUT2D eigenvalue weighted by atomic mass is 15.1. The molecular formula is C58H30N8. The molecule has 8 nitrogen and oxygen atoms in total. The minimum Gasteiger partial charge on any atom is -0.292 e. The Bertz CT molecular complexity index is 4890. The van der Waals surface area contributed by atoms with Gasteiger partial charge in [-0.25, -0.2) is 29.9 Å². The first-order valence-electron chi connectivity index (χ1n) is 22.2. The lowest BCUT2D eigenvalue weighted by molar-refractivity contribution is 1.17. The van der Waals surface area contributed by atoms with Crippen LogP contribution in [0.4, 0.5) is 0 Å². The third-order valence-electron chi connectivity index (χ3n) is 14.1. The summed E-state index contributed by atoms with van der Waals surface area (Å²) in [6.45, 7) is 0. The van der Waals surface area contributed by atoms with E-state index in [2.05, 4.69) is 176 Å². The Balaban J connectivity index is 1.02. The fourth-order valence-corrected chi connectivity index (χ4v) is 11.3. The van der Waals surface area contributed by atoms with Crippen LogP contribution in [0.2, 0.25) is 0 Å². The van der Waals surface area contributed by atoms with E-state index in [0.717, 1.165) is 104 Å². The zero-order valence-corrected chi connectivity index (χ0v) is 34.9. The molecule has 7 heterocycles. The topological polar surface area (TPSA) is 86.2 Å². The second kappa shape index (κ2) is 12.3. The number of hydrogen-bond donors (Lipinski definition) is 0. The van der Waals surface area contributed by atoms with E-state index in [1.165, 1.54) is 37.7 Å². The summed E-state index contributed by atoms with van der Waals surface area (Å²) in [5.74, 6) is 0. The molecule has 0 aliphatic heterocycles. The van der Waals surface area contributed by atoms with Crippen molar-refractivity contribution in [1.82, 2.24) is 38.7 Å². The van der Waals surface area contributed by atoms with E-state index in [9.17, 15) is 0 Å². The molecule has 0 saturated heterocycles. The van der Waals surface area contributed by atoms with Crippen molar-refractivity contribution in [3.05, 3.63) is 182 Å². The number of aromatic nitrogens is 8. The van der Waals surface area contributed by atoms with E-state index >= 15 is 0 Å². The minimum absolute atomic E-state index is 0.512. The van der Waals surface area contributed by atoms with Crippen molar-refractivity contribution in [3.8, 4) is 11.1 Å². The molecule has 0 fully saturated rings. The molecule has 9 aromatic carbocycles. The molecule has 0 N–H and O–H groups in total. The molecule has 0 radical (unpaired) electrons. The maximum atomic E-state index is 5.43. The Kier molecular flexibility index (Phi) is 6.41. The molecule has 66 heavy (non-hydrogen) atoms. The molecular weight excluding hydrogens is 809 g/mol. The van der Waals surface area contributed by atoms with Gasteiger partial charge in [-0.2, -0.15) is 0 Å². The van der Waals surface area contributed by atoms with Crippen molar-refractivity contribution in [2.24, 2.45) is 0 Å². The zero-order valence-electron chi connectivity index (χ0n) is 34.9. The first-order chi connectivity index (χ1) is 32.7. The third-order valence-corrected chi connectivity index (χ3v) is 14.1. The van der Waals surface area contributed by atoms with Crippen LogP contribution in [-0.4, -0.2) is 38.7 Å². The Morgan fingerprint density at radius 2 is 0.788 bits per heavy atom. The van der Waals surface area contributed by atoms with Gasteiger partial charge in [-0.15, -0.1) is 0 Å². The average Bonchev–Trinajstić information content (AvgIpc) is 3.96. The first-order valence-corrected chi connectivity index (χ1v) is 22.2. The van der Waals surface area contributed by atoms with Crippen molar-refractivity contribution < 1.29 is 0 Å². The van der Waals surface area contributed by atoms with Crippen LogP contribution in [0, 0.1) is 0 Å². The summed E-state index contributed by atoms with van der Waals surface area (Å²) in [5.41, 5.74) is 12.6. The van der Waals surface area contributed by atoms with E-state index in [0.29, 0.717) is 11.3 Å². The number of hydrogen-bond acceptors (Lipinski definition) is 6. The Labute approximate surface area is 372 Å². The highest BCUT2D eigenvalue weighted by Gasteiger charge is 2.23. The first kappa shape index (κ1) is 34.4. The standard InChI is InChI=1S/C58H30N8/c1-10-20-45-33(11-1)29-47-50-39-16-6-4-14-37(39)42-27-31(23-24-41(42)52(50)53-57(65(45)47)62-44-19-9-8-18-43(44)61-53)32-21-22-34-30-48-49-38-15-5-2-12-35(38)36-13-3-7-17-40(36)51(49)54-58(66(48)46(34)28-32)64-56-55(63-54)59-25-26-60-56/h1-30H. The molecule has 302 valence electrons. The summed E-state index contributed by atoms with van der Waals surface area (Å²) in [4.78, 5) is 30.6. The van der Waals surface area contributed by atoms with Crippen LogP contribution in [-0.2, 0) is 0 Å². The van der Waals surface area contributed by atoms with E-state index < -0.39 is 0 Å². The number of rotatable bonds is 1. The lowest BCUT2D eigenvalue weighted by atomic mass is 9.91. The Hall–Kier alpha value is -9.14. The minimum atomic E-state index is 0.512. The second-order valence-electron chi connectivity index (χ2n) is 17.4. The van der Waals surface area contributed by atoms with Crippen molar-refractivity contribution >= 4 is 142 Å². The van der Waals surface area contributed by atoms with Crippen molar-refractivity contribution in [2.75, 3.05) is 0 Å². The van der Waals surface area contributed by atoms with Gasteiger partial charge in [0.25, 0.3) is 0 Å². The zero-order chi connectivity index (χ0) is 42.8. The van der Waals surface area contributed by atoms with Crippen LogP contribution in [0.15, 0.2) is 182 Å². The molecule has 16 aromatic rings. The van der Waals surface area contributed by atoms with Crippen molar-refractivity contribution in [2.45, 2.75) is 0 Å². The quantitative estimate of drug-likeness (QED) is 0.121. The van der Waals surface area contributed by atoms with E-state index in [4.69, 9.17) is 19.9 Å². The van der Waals surface area contributed by atoms with Crippen LogP contribution in [0.1, 0.15) is 0 Å². The molecule has 0 saturated carbocycles. The summed E-state index contributed by atoms with van der Waals surface area (Å²) >= 11 is 0. The molecule has 7 aromatic heterocycles. The van der Waals surface area contributed by atoms with Gasteiger partial charge in [0, 0.05) is 44.7 Å². The lowest BCUT2D eigenvalue weighted by Gasteiger charge is -2.16. The number of fused-ring (bicyclic) bond motifs is 28. The number of nitrogens with zero attached hydrogens (tertiary/aromatic N) is 8. The van der Waals surface area contributed by atoms with E-state index in [1.54, 1.807) is 12.4 Å². The molecule has 0 aliphatic rings. The molecule has 16 rings (SSSR count). The monoisotopic (exact) mass is 838 g/mol. The summed E-state index contributed by atoms with van der Waals surface area (Å²) in [6, 6.07) is 61.3. The van der Waals surface area contributed by atoms with Gasteiger partial charge >= 0.3 is 0 Å². The van der Waals surface area contributed by atoms with Gasteiger partial charge in [-0.1, -0.05) is 127 Å². The predicted molar refractivity (Wildman–Crippen MR) is 271 cm³/mol. The summed E-state index contributed by atoms with van der Waals surface area (Å²) in [6.07, 6.45) is 3.37. The fourth-order valence-electron chi connectivity index (χ4n) is 11.3. The van der Waals surface area contributed by atoms with Gasteiger partial charge in [0.2, 0.25) is 0 Å². The summed E-state index contributed by atoms with van der Waals surface area (Å²) in [7, 11) is 0. The number of para-hydroxylation sites is 3. The number of benzene rings is 9. The molecule has 0 atom stereocenters. The molecule has 0 bridgehead atoms. The van der Waals surface area contributed by atoms with Gasteiger partial charge in [-0.05, 0) is 96.7 Å². The van der Waals surface area contributed by atoms with Crippen molar-refractivity contribution in [1.29, 1.82) is 0 Å². The Morgan fingerprint density at radius 3 is 1.50 bits per heavy atom. The number of pyridine rings is 2. The van der Waals surface area contributed by atoms with Crippen LogP contribution < -0.4 is 0 Å². The van der Waals surface area contributed by atoms with E-state index in [1.807, 2.05) is 12.1 Å². The predicted octanol–water partition coefficient (Wildman–Crippen LogP) is 14.1. The lowest BCUT2D eigenvalue weighted by Crippen LogP contribution is -2.00. The highest BCUT2D eigenvalue weighted by Crippen LogP contribution is 2.46. The molecule has 0 unspecified atom stereocenters. The van der Waals surface area contributed by atoms with Gasteiger partial charge in [0.15, 0.2) is 22.6 Å². The van der Waals surface area contributed by atoms with Crippen molar-refractivity contribution in [3.63, 3.8) is 0 Å². The average molecular weight is 839 g/mol. The van der Waals surface area contributed by atoms with Crippen LogP contribution >= 0.6 is 0 Å². The second-order valence-corrected chi connectivity index (χ2v) is 17.4. The molecule has 0 spiro atoms. The third kappa shape index (κ3) is 4.37. The fraction of sp³-hybridized carbons (Fsp3) is 0. The summed E-state index contributed by atoms with van der Waals surface area (Å²) in [5, 5.41) is 16.2. The van der Waals surface area contributed by atoms with Crippen LogP contribution in [0.3, 0.4) is 0 Å². The molecule has 8 heteroatoms. The maximum absolute atomic E-state index is 5.43. The van der Waals surface area contributed by atoms with Gasteiger partial charge < -0.3 is 0 Å². The normalized spacial score (nSPS) is 12.5. The molecule has 0 amide bonds. The van der Waals surface area contributed by atoms with Gasteiger partial charge in [-0.3, -0.25) is 8.80 Å². The van der Waals surface area contributed by atoms with Crippen LogP contribution in [0.5, 0.6) is 0 Å². The SMILES string of the molecule is c1ccc2c(c1)cc1c3c4ccccc4c4cc(-c5ccc6cc7c8c9ccccc9c9ccccc9c8c8nc9nccnc9nc8n7c6c5)ccc4c3c3nc4ccccc4nc3n21. The summed E-state index contributed by atoms with van der Waals surface area (Å²) < 4.78 is 4.61. The van der Waals surface area contributed by atoms with Gasteiger partial charge in [0.05, 0.1) is 33.1 Å².